The summed E-state index contributed by atoms with van der Waals surface area (Å²) in [5.74, 6) is 0.586. The molecular weight excluding hydrogens is 669 g/mol. The molecule has 0 unspecified atom stereocenters. The molecule has 0 radical (unpaired) electrons. The number of nitriles is 1. The molecule has 3 aromatic heterocycles. The van der Waals surface area contributed by atoms with Crippen molar-refractivity contribution in [2.75, 3.05) is 5.32 Å². The lowest BCUT2D eigenvalue weighted by Crippen LogP contribution is -2.28. The van der Waals surface area contributed by atoms with Crippen LogP contribution in [-0.4, -0.2) is 33.9 Å². The van der Waals surface area contributed by atoms with Crippen LogP contribution in [0.2, 0.25) is 0 Å². The van der Waals surface area contributed by atoms with Crippen molar-refractivity contribution in [3.05, 3.63) is 88.0 Å². The average molecular weight is 682 g/mol. The molecule has 0 saturated carbocycles. The van der Waals surface area contributed by atoms with E-state index in [-0.39, 0.29) is 5.69 Å². The van der Waals surface area contributed by atoms with Crippen molar-refractivity contribution in [1.82, 2.24) is 19.9 Å². The fraction of sp³-hybridized carbons (Fsp3) is 0.0417. The number of nitrogens with one attached hydrogen (secondary N) is 1. The minimum Gasteiger partial charge on any atom is -0.355 e. The van der Waals surface area contributed by atoms with Gasteiger partial charge in [0.2, 0.25) is 5.88 Å². The Kier molecular flexibility index (Phi) is 8.28. The van der Waals surface area contributed by atoms with E-state index in [1.54, 1.807) is 24.4 Å². The molecular formula is C24H13Br2F3N6O3S. The number of nitrogens with zero attached hydrogens (tertiary/aromatic N) is 5. The summed E-state index contributed by atoms with van der Waals surface area (Å²) >= 11 is 6.73. The molecule has 2 aromatic carbocycles. The number of aromatic nitrogens is 4. The number of anilines is 2. The van der Waals surface area contributed by atoms with Crippen LogP contribution in [-0.2, 0) is 10.1 Å². The van der Waals surface area contributed by atoms with Crippen LogP contribution in [0.1, 0.15) is 5.69 Å². The molecule has 0 aliphatic rings. The Balaban J connectivity index is 0.000000181. The summed E-state index contributed by atoms with van der Waals surface area (Å²) in [5, 5.41) is 15.0. The maximum absolute atomic E-state index is 12.1. The van der Waals surface area contributed by atoms with E-state index in [0.29, 0.717) is 26.9 Å². The van der Waals surface area contributed by atoms with Crippen molar-refractivity contribution in [3.8, 4) is 11.9 Å². The number of benzene rings is 2. The molecule has 0 saturated heterocycles. The number of alkyl halides is 3. The largest absolute Gasteiger partial charge is 0.534 e. The van der Waals surface area contributed by atoms with Gasteiger partial charge in [-0.1, -0.05) is 56.1 Å². The van der Waals surface area contributed by atoms with E-state index in [1.165, 1.54) is 18.6 Å². The SMILES string of the molecule is N#Cc1cnc(Nc2cc3cccc(Br)c3cn2)cn1.O=S(=O)(Oc1cc2cccc(Br)c2cn1)C(F)(F)F. The smallest absolute Gasteiger partial charge is 0.355 e. The molecule has 0 atom stereocenters. The topological polar surface area (TPSA) is 131 Å². The van der Waals surface area contributed by atoms with Gasteiger partial charge in [0, 0.05) is 38.2 Å². The van der Waals surface area contributed by atoms with Crippen LogP contribution in [0.15, 0.2) is 82.3 Å². The van der Waals surface area contributed by atoms with Crippen LogP contribution in [0.5, 0.6) is 5.88 Å². The third-order valence-electron chi connectivity index (χ3n) is 4.90. The van der Waals surface area contributed by atoms with Gasteiger partial charge in [0.05, 0.1) is 12.4 Å². The zero-order valence-electron chi connectivity index (χ0n) is 19.2. The molecule has 5 rings (SSSR count). The van der Waals surface area contributed by atoms with Gasteiger partial charge >= 0.3 is 15.6 Å². The monoisotopic (exact) mass is 680 g/mol. The quantitative estimate of drug-likeness (QED) is 0.164. The van der Waals surface area contributed by atoms with Crippen LogP contribution in [0.25, 0.3) is 21.5 Å². The number of fused-ring (bicyclic) bond motifs is 2. The van der Waals surface area contributed by atoms with Gasteiger partial charge in [-0.05, 0) is 29.0 Å². The molecule has 198 valence electrons. The third kappa shape index (κ3) is 6.77. The highest BCUT2D eigenvalue weighted by Gasteiger charge is 2.48. The van der Waals surface area contributed by atoms with Crippen molar-refractivity contribution in [3.63, 3.8) is 0 Å². The predicted molar refractivity (Wildman–Crippen MR) is 145 cm³/mol. The first-order valence-corrected chi connectivity index (χ1v) is 13.5. The molecule has 39 heavy (non-hydrogen) atoms. The fourth-order valence-corrected chi connectivity index (χ4v) is 4.48. The average Bonchev–Trinajstić information content (AvgIpc) is 2.89. The second-order valence-electron chi connectivity index (χ2n) is 7.52. The molecule has 5 aromatic rings. The van der Waals surface area contributed by atoms with E-state index in [0.717, 1.165) is 21.3 Å². The number of pyridine rings is 2. The first kappa shape index (κ1) is 28.1. The molecule has 0 spiro atoms. The Bertz CT molecular complexity index is 1820. The third-order valence-corrected chi connectivity index (χ3v) is 7.24. The molecule has 0 aliphatic heterocycles. The van der Waals surface area contributed by atoms with E-state index in [4.69, 9.17) is 5.26 Å². The Morgan fingerprint density at radius 3 is 1.97 bits per heavy atom. The predicted octanol–water partition coefficient (Wildman–Crippen LogP) is 6.63. The fourth-order valence-electron chi connectivity index (χ4n) is 3.10. The zero-order valence-corrected chi connectivity index (χ0v) is 23.2. The van der Waals surface area contributed by atoms with Crippen molar-refractivity contribution in [1.29, 1.82) is 5.26 Å². The second kappa shape index (κ2) is 11.5. The van der Waals surface area contributed by atoms with E-state index >= 15 is 0 Å². The Morgan fingerprint density at radius 1 is 0.821 bits per heavy atom. The highest BCUT2D eigenvalue weighted by Crippen LogP contribution is 2.29. The summed E-state index contributed by atoms with van der Waals surface area (Å²) < 4.78 is 63.7. The van der Waals surface area contributed by atoms with Crippen molar-refractivity contribution >= 4 is 75.2 Å². The van der Waals surface area contributed by atoms with E-state index in [9.17, 15) is 21.6 Å². The van der Waals surface area contributed by atoms with Crippen LogP contribution < -0.4 is 9.50 Å². The van der Waals surface area contributed by atoms with Gasteiger partial charge in [-0.3, -0.25) is 0 Å². The van der Waals surface area contributed by atoms with Crippen molar-refractivity contribution < 1.29 is 25.8 Å². The van der Waals surface area contributed by atoms with Gasteiger partial charge in [-0.2, -0.15) is 26.9 Å². The highest BCUT2D eigenvalue weighted by molar-refractivity contribution is 9.11. The van der Waals surface area contributed by atoms with Crippen LogP contribution in [0, 0.1) is 11.3 Å². The minimum absolute atomic E-state index is 0.283. The maximum Gasteiger partial charge on any atom is 0.534 e. The molecule has 0 aliphatic carbocycles. The van der Waals surface area contributed by atoms with Crippen LogP contribution in [0.4, 0.5) is 24.8 Å². The summed E-state index contributed by atoms with van der Waals surface area (Å²) in [6.07, 6.45) is 5.94. The number of halogens is 5. The first-order chi connectivity index (χ1) is 18.5. The lowest BCUT2D eigenvalue weighted by molar-refractivity contribution is -0.0501. The summed E-state index contributed by atoms with van der Waals surface area (Å²) in [6.45, 7) is 0. The minimum atomic E-state index is -5.70. The van der Waals surface area contributed by atoms with Crippen molar-refractivity contribution in [2.45, 2.75) is 5.51 Å². The summed E-state index contributed by atoms with van der Waals surface area (Å²) in [7, 11) is -5.70. The molecule has 0 bridgehead atoms. The number of hydrogen-bond acceptors (Lipinski definition) is 9. The zero-order chi connectivity index (χ0) is 28.2. The lowest BCUT2D eigenvalue weighted by atomic mass is 10.2. The molecule has 0 amide bonds. The van der Waals surface area contributed by atoms with E-state index in [2.05, 4.69) is 61.3 Å². The molecule has 3 heterocycles. The lowest BCUT2D eigenvalue weighted by Gasteiger charge is -2.09. The van der Waals surface area contributed by atoms with E-state index < -0.39 is 21.5 Å². The van der Waals surface area contributed by atoms with Gasteiger partial charge in [-0.15, -0.1) is 0 Å². The summed E-state index contributed by atoms with van der Waals surface area (Å²) in [6, 6.07) is 15.9. The van der Waals surface area contributed by atoms with E-state index in [1.807, 2.05) is 30.3 Å². The second-order valence-corrected chi connectivity index (χ2v) is 10.8. The molecule has 0 fully saturated rings. The summed E-state index contributed by atoms with van der Waals surface area (Å²) in [4.78, 5) is 15.9. The van der Waals surface area contributed by atoms with Crippen molar-refractivity contribution in [2.24, 2.45) is 0 Å². The van der Waals surface area contributed by atoms with Crippen LogP contribution >= 0.6 is 31.9 Å². The standard InChI is InChI=1S/C14H8BrN5.C10H5BrF3NO3S/c15-12-3-1-2-9-4-13(19-7-11(9)12)20-14-8-17-10(5-16)6-18-14;11-8-3-1-2-6-4-9(15-5-7(6)8)18-19(16,17)10(12,13)14/h1-4,6-8H,(H,18,19,20);1-5H. The first-order valence-electron chi connectivity index (χ1n) is 10.6. The van der Waals surface area contributed by atoms with Gasteiger partial charge in [0.25, 0.3) is 0 Å². The van der Waals surface area contributed by atoms with Crippen LogP contribution in [0.3, 0.4) is 0 Å². The summed E-state index contributed by atoms with van der Waals surface area (Å²) in [5.41, 5.74) is -5.20. The van der Waals surface area contributed by atoms with Gasteiger partial charge < -0.3 is 9.50 Å². The number of hydrogen-bond donors (Lipinski definition) is 1. The van der Waals surface area contributed by atoms with Gasteiger partial charge in [0.1, 0.15) is 17.7 Å². The Hall–Kier alpha value is -3.87. The molecule has 15 heteroatoms. The Morgan fingerprint density at radius 2 is 1.41 bits per heavy atom. The molecule has 1 N–H and O–H groups in total. The maximum atomic E-state index is 12.1. The van der Waals surface area contributed by atoms with Gasteiger partial charge in [0.15, 0.2) is 5.69 Å². The molecule has 9 nitrogen and oxygen atoms in total. The number of rotatable bonds is 4. The highest BCUT2D eigenvalue weighted by atomic mass is 79.9. The normalized spacial score (nSPS) is 11.4. The van der Waals surface area contributed by atoms with Gasteiger partial charge in [-0.25, -0.2) is 19.9 Å². The Labute approximate surface area is 236 Å².